The fraction of sp³-hybridized carbons (Fsp3) is 0.222. The summed E-state index contributed by atoms with van der Waals surface area (Å²) in [4.78, 5) is 11.9. The number of hydrogen-bond acceptors (Lipinski definition) is 5. The summed E-state index contributed by atoms with van der Waals surface area (Å²) in [7, 11) is 0. The van der Waals surface area contributed by atoms with Crippen molar-refractivity contribution in [2.75, 3.05) is 17.6 Å². The molecule has 0 saturated carbocycles. The average Bonchev–Trinajstić information content (AvgIpc) is 2.96. The third-order valence-electron chi connectivity index (χ3n) is 4.07. The van der Waals surface area contributed by atoms with E-state index in [0.717, 1.165) is 46.2 Å². The molecule has 0 aliphatic carbocycles. The molecule has 1 aliphatic heterocycles. The van der Waals surface area contributed by atoms with Gasteiger partial charge < -0.3 is 20.8 Å². The number of aromatic amines is 1. The molecule has 0 spiro atoms. The van der Waals surface area contributed by atoms with Crippen molar-refractivity contribution < 1.29 is 4.74 Å². The molecule has 1 aromatic carbocycles. The third-order valence-corrected chi connectivity index (χ3v) is 4.07. The number of aromatic nitrogens is 3. The van der Waals surface area contributed by atoms with Gasteiger partial charge in [0.2, 0.25) is 0 Å². The summed E-state index contributed by atoms with van der Waals surface area (Å²) in [6.45, 7) is 4.79. The van der Waals surface area contributed by atoms with Crippen LogP contribution in [0.3, 0.4) is 0 Å². The molecule has 24 heavy (non-hydrogen) atoms. The number of nitrogens with zero attached hydrogens (tertiary/aromatic N) is 2. The molecular weight excluding hydrogens is 302 g/mol. The fourth-order valence-corrected chi connectivity index (χ4v) is 2.94. The summed E-state index contributed by atoms with van der Waals surface area (Å²) in [6, 6.07) is 9.99. The number of nitrogens with two attached hydrogens (primary N) is 1. The summed E-state index contributed by atoms with van der Waals surface area (Å²) >= 11 is 0. The van der Waals surface area contributed by atoms with Gasteiger partial charge >= 0.3 is 0 Å². The van der Waals surface area contributed by atoms with Crippen molar-refractivity contribution in [2.24, 2.45) is 0 Å². The lowest BCUT2D eigenvalue weighted by atomic mass is 10.0. The van der Waals surface area contributed by atoms with Gasteiger partial charge in [-0.3, -0.25) is 4.98 Å². The van der Waals surface area contributed by atoms with Crippen molar-refractivity contribution in [3.05, 3.63) is 42.2 Å². The van der Waals surface area contributed by atoms with Gasteiger partial charge in [0, 0.05) is 23.0 Å². The fourth-order valence-electron chi connectivity index (χ4n) is 2.94. The van der Waals surface area contributed by atoms with E-state index in [9.17, 15) is 0 Å². The number of ether oxygens (including phenoxy) is 1. The van der Waals surface area contributed by atoms with Gasteiger partial charge in [-0.1, -0.05) is 0 Å². The van der Waals surface area contributed by atoms with E-state index in [0.29, 0.717) is 5.95 Å². The normalized spacial score (nSPS) is 16.2. The number of anilines is 2. The first-order chi connectivity index (χ1) is 11.6. The molecule has 4 rings (SSSR count). The molecule has 4 N–H and O–H groups in total. The van der Waals surface area contributed by atoms with Gasteiger partial charge in [-0.15, -0.1) is 0 Å². The lowest BCUT2D eigenvalue weighted by molar-refractivity contribution is 0.226. The summed E-state index contributed by atoms with van der Waals surface area (Å²) in [5.74, 6) is 1.26. The number of nitrogen functional groups attached to an aromatic ring is 1. The van der Waals surface area contributed by atoms with Gasteiger partial charge in [0.15, 0.2) is 5.95 Å². The molecular formula is C18H19N5O. The third kappa shape index (κ3) is 2.56. The molecule has 3 aromatic rings. The number of nitrogens with one attached hydrogen (secondary N) is 2. The molecule has 1 atom stereocenters. The Bertz CT molecular complexity index is 902. The van der Waals surface area contributed by atoms with E-state index in [2.05, 4.69) is 20.3 Å². The highest BCUT2D eigenvalue weighted by atomic mass is 16.5. The van der Waals surface area contributed by atoms with Gasteiger partial charge in [0.25, 0.3) is 0 Å². The predicted octanol–water partition coefficient (Wildman–Crippen LogP) is 3.22. The number of benzene rings is 1. The number of H-pyrrole nitrogens is 1. The first-order valence-electron chi connectivity index (χ1n) is 7.93. The monoisotopic (exact) mass is 321 g/mol. The van der Waals surface area contributed by atoms with Crippen molar-refractivity contribution in [3.63, 3.8) is 0 Å². The molecule has 1 unspecified atom stereocenters. The number of rotatable bonds is 2. The van der Waals surface area contributed by atoms with Gasteiger partial charge in [-0.05, 0) is 44.2 Å². The molecule has 122 valence electrons. The molecule has 6 heteroatoms. The number of pyridine rings is 1. The van der Waals surface area contributed by atoms with E-state index in [1.165, 1.54) is 0 Å². The Kier molecular flexibility index (Phi) is 3.37. The van der Waals surface area contributed by atoms with E-state index in [4.69, 9.17) is 10.5 Å². The van der Waals surface area contributed by atoms with Crippen molar-refractivity contribution in [2.45, 2.75) is 20.0 Å². The minimum atomic E-state index is 0.166. The molecule has 0 saturated heterocycles. The highest BCUT2D eigenvalue weighted by molar-refractivity contribution is 5.82. The van der Waals surface area contributed by atoms with Gasteiger partial charge in [0.1, 0.15) is 11.9 Å². The second-order valence-electron chi connectivity index (χ2n) is 6.05. The highest BCUT2D eigenvalue weighted by Crippen LogP contribution is 2.36. The summed E-state index contributed by atoms with van der Waals surface area (Å²) in [6.07, 6.45) is 1.95. The molecule has 0 amide bonds. The van der Waals surface area contributed by atoms with E-state index in [1.807, 2.05) is 44.2 Å². The number of aryl methyl sites for hydroxylation is 1. The minimum Gasteiger partial charge on any atom is -0.487 e. The maximum Gasteiger partial charge on any atom is 0.198 e. The first kappa shape index (κ1) is 14.6. The Labute approximate surface area is 140 Å². The average molecular weight is 321 g/mol. The largest absolute Gasteiger partial charge is 0.487 e. The zero-order valence-corrected chi connectivity index (χ0v) is 13.6. The molecule has 0 radical (unpaired) electrons. The van der Waals surface area contributed by atoms with Crippen molar-refractivity contribution in [1.29, 1.82) is 0 Å². The van der Waals surface area contributed by atoms with Gasteiger partial charge in [-0.25, -0.2) is 4.98 Å². The maximum atomic E-state index is 5.93. The van der Waals surface area contributed by atoms with E-state index in [-0.39, 0.29) is 6.10 Å². The van der Waals surface area contributed by atoms with Crippen LogP contribution in [0.2, 0.25) is 0 Å². The zero-order chi connectivity index (χ0) is 16.7. The van der Waals surface area contributed by atoms with E-state index >= 15 is 0 Å². The molecule has 0 bridgehead atoms. The highest BCUT2D eigenvalue weighted by Gasteiger charge is 2.19. The molecule has 6 nitrogen and oxygen atoms in total. The number of hydrogen-bond donors (Lipinski definition) is 3. The summed E-state index contributed by atoms with van der Waals surface area (Å²) < 4.78 is 5.83. The van der Waals surface area contributed by atoms with Crippen molar-refractivity contribution >= 4 is 11.6 Å². The Hall–Kier alpha value is -3.02. The number of fused-ring (bicyclic) bond motifs is 1. The molecule has 2 aromatic heterocycles. The van der Waals surface area contributed by atoms with Gasteiger partial charge in [-0.2, -0.15) is 0 Å². The van der Waals surface area contributed by atoms with Crippen LogP contribution in [0, 0.1) is 6.92 Å². The molecule has 0 fully saturated rings. The van der Waals surface area contributed by atoms with Crippen LogP contribution < -0.4 is 15.8 Å². The van der Waals surface area contributed by atoms with Crippen LogP contribution in [-0.4, -0.2) is 27.6 Å². The summed E-state index contributed by atoms with van der Waals surface area (Å²) in [5, 5.41) is 3.39. The van der Waals surface area contributed by atoms with Crippen LogP contribution in [0.5, 0.6) is 5.75 Å². The smallest absolute Gasteiger partial charge is 0.198 e. The molecule has 3 heterocycles. The lowest BCUT2D eigenvalue weighted by Crippen LogP contribution is -2.27. The van der Waals surface area contributed by atoms with E-state index < -0.39 is 0 Å². The SMILES string of the molecule is Cc1cc(-c2[nH]c(N)nc2-c2ccc3c(c2)NCC(C)O3)ccn1. The van der Waals surface area contributed by atoms with Crippen LogP contribution in [0.4, 0.5) is 11.6 Å². The second kappa shape index (κ2) is 5.56. The van der Waals surface area contributed by atoms with Gasteiger partial charge in [0.05, 0.1) is 23.6 Å². The topological polar surface area (TPSA) is 88.9 Å². The molecule has 1 aliphatic rings. The first-order valence-corrected chi connectivity index (χ1v) is 7.93. The zero-order valence-electron chi connectivity index (χ0n) is 13.6. The Morgan fingerprint density at radius 1 is 1.21 bits per heavy atom. The Morgan fingerprint density at radius 2 is 2.08 bits per heavy atom. The maximum absolute atomic E-state index is 5.93. The lowest BCUT2D eigenvalue weighted by Gasteiger charge is -2.25. The Morgan fingerprint density at radius 3 is 2.92 bits per heavy atom. The van der Waals surface area contributed by atoms with Crippen LogP contribution in [0.15, 0.2) is 36.5 Å². The van der Waals surface area contributed by atoms with Crippen LogP contribution >= 0.6 is 0 Å². The predicted molar refractivity (Wildman–Crippen MR) is 95.0 cm³/mol. The van der Waals surface area contributed by atoms with Crippen LogP contribution in [-0.2, 0) is 0 Å². The van der Waals surface area contributed by atoms with E-state index in [1.54, 1.807) is 6.20 Å². The standard InChI is InChI=1S/C18H19N5O/c1-10-7-13(5-6-20-10)17-16(22-18(19)23-17)12-3-4-15-14(8-12)21-9-11(2)24-15/h3-8,11,21H,9H2,1-2H3,(H3,19,22,23). The quantitative estimate of drug-likeness (QED) is 0.674. The minimum absolute atomic E-state index is 0.166. The number of imidazole rings is 1. The van der Waals surface area contributed by atoms with Crippen molar-refractivity contribution in [1.82, 2.24) is 15.0 Å². The van der Waals surface area contributed by atoms with Crippen LogP contribution in [0.1, 0.15) is 12.6 Å². The second-order valence-corrected chi connectivity index (χ2v) is 6.05. The summed E-state index contributed by atoms with van der Waals surface area (Å²) in [5.41, 5.74) is 11.6. The van der Waals surface area contributed by atoms with Crippen molar-refractivity contribution in [3.8, 4) is 28.3 Å². The Balaban J connectivity index is 1.80. The van der Waals surface area contributed by atoms with Crippen LogP contribution in [0.25, 0.3) is 22.5 Å².